The van der Waals surface area contributed by atoms with Gasteiger partial charge in [0, 0.05) is 30.6 Å². The summed E-state index contributed by atoms with van der Waals surface area (Å²) in [6, 6.07) is 2.76. The Labute approximate surface area is 181 Å². The van der Waals surface area contributed by atoms with Gasteiger partial charge in [0.1, 0.15) is 11.9 Å². The first-order chi connectivity index (χ1) is 15.0. The molecular formula is C22H20F3N3O4. The van der Waals surface area contributed by atoms with E-state index in [1.807, 2.05) is 5.32 Å². The van der Waals surface area contributed by atoms with Crippen LogP contribution in [0.1, 0.15) is 18.4 Å². The minimum atomic E-state index is -3.95. The Morgan fingerprint density at radius 2 is 2.03 bits per heavy atom. The fourth-order valence-corrected chi connectivity index (χ4v) is 3.44. The largest absolute Gasteiger partial charge is 0.349 e. The molecule has 2 fully saturated rings. The third-order valence-corrected chi connectivity index (χ3v) is 5.16. The first-order valence-electron chi connectivity index (χ1n) is 9.65. The zero-order valence-electron chi connectivity index (χ0n) is 16.9. The summed E-state index contributed by atoms with van der Waals surface area (Å²) < 4.78 is 41.7. The van der Waals surface area contributed by atoms with Gasteiger partial charge in [-0.15, -0.1) is 0 Å². The lowest BCUT2D eigenvalue weighted by molar-refractivity contribution is -0.146. The number of likely N-dealkylation sites (tertiary alicyclic amines) is 1. The van der Waals surface area contributed by atoms with Gasteiger partial charge in [-0.3, -0.25) is 24.5 Å². The van der Waals surface area contributed by atoms with Gasteiger partial charge in [0.25, 0.3) is 11.8 Å². The van der Waals surface area contributed by atoms with Crippen LogP contribution in [0.2, 0.25) is 0 Å². The number of rotatable bonds is 6. The molecule has 2 saturated heterocycles. The number of carbonyl (C=O) groups excluding carboxylic acids is 4. The van der Waals surface area contributed by atoms with Crippen molar-refractivity contribution in [1.29, 1.82) is 0 Å². The first kappa shape index (κ1) is 23.0. The Balaban J connectivity index is 1.63. The van der Waals surface area contributed by atoms with E-state index in [2.05, 4.69) is 18.5 Å². The van der Waals surface area contributed by atoms with Gasteiger partial charge in [-0.25, -0.2) is 4.39 Å². The zero-order valence-corrected chi connectivity index (χ0v) is 16.9. The zero-order chi connectivity index (χ0) is 23.6. The van der Waals surface area contributed by atoms with Crippen molar-refractivity contribution in [3.05, 3.63) is 71.6 Å². The van der Waals surface area contributed by atoms with E-state index in [9.17, 15) is 32.3 Å². The van der Waals surface area contributed by atoms with Crippen LogP contribution in [0, 0.1) is 5.82 Å². The van der Waals surface area contributed by atoms with Gasteiger partial charge in [-0.1, -0.05) is 31.4 Å². The van der Waals surface area contributed by atoms with Gasteiger partial charge in [-0.2, -0.15) is 8.78 Å². The highest BCUT2D eigenvalue weighted by Gasteiger charge is 2.41. The molecule has 0 bridgehead atoms. The lowest BCUT2D eigenvalue weighted by atomic mass is 10.0. The highest BCUT2D eigenvalue weighted by molar-refractivity contribution is 6.06. The van der Waals surface area contributed by atoms with Crippen molar-refractivity contribution in [2.75, 3.05) is 13.1 Å². The lowest BCUT2D eigenvalue weighted by Gasteiger charge is -2.28. The number of hydrogen-bond acceptors (Lipinski definition) is 4. The summed E-state index contributed by atoms with van der Waals surface area (Å²) in [5.41, 5.74) is -0.0563. The van der Waals surface area contributed by atoms with Crippen molar-refractivity contribution in [3.63, 3.8) is 0 Å². The van der Waals surface area contributed by atoms with Gasteiger partial charge in [0.15, 0.2) is 0 Å². The van der Waals surface area contributed by atoms with Gasteiger partial charge in [0.05, 0.1) is 0 Å². The van der Waals surface area contributed by atoms with Crippen LogP contribution in [0.5, 0.6) is 0 Å². The summed E-state index contributed by atoms with van der Waals surface area (Å²) in [5.74, 6) is -7.95. The number of piperidine rings is 1. The Morgan fingerprint density at radius 3 is 2.69 bits per heavy atom. The molecular weight excluding hydrogens is 427 g/mol. The summed E-state index contributed by atoms with van der Waals surface area (Å²) in [6.07, 6.45) is 1.71. The molecule has 1 unspecified atom stereocenters. The van der Waals surface area contributed by atoms with Crippen molar-refractivity contribution in [2.45, 2.75) is 24.8 Å². The minimum absolute atomic E-state index is 0.0242. The van der Waals surface area contributed by atoms with E-state index in [0.29, 0.717) is 11.6 Å². The van der Waals surface area contributed by atoms with E-state index >= 15 is 0 Å². The van der Waals surface area contributed by atoms with Crippen molar-refractivity contribution in [1.82, 2.24) is 15.5 Å². The topological polar surface area (TPSA) is 95.6 Å². The molecule has 1 aromatic rings. The van der Waals surface area contributed by atoms with Crippen LogP contribution in [0.25, 0.3) is 0 Å². The van der Waals surface area contributed by atoms with Crippen molar-refractivity contribution >= 4 is 23.6 Å². The van der Waals surface area contributed by atoms with E-state index in [0.717, 1.165) is 18.2 Å². The molecule has 32 heavy (non-hydrogen) atoms. The highest BCUT2D eigenvalue weighted by atomic mass is 19.3. The van der Waals surface area contributed by atoms with E-state index in [1.165, 1.54) is 11.0 Å². The van der Waals surface area contributed by atoms with Crippen LogP contribution >= 0.6 is 0 Å². The van der Waals surface area contributed by atoms with E-state index in [-0.39, 0.29) is 37.1 Å². The van der Waals surface area contributed by atoms with Crippen molar-refractivity contribution in [3.8, 4) is 0 Å². The number of benzene rings is 1. The molecule has 0 saturated carbocycles. The SMILES string of the molecule is C=C(/C=C1/CN(C2CCC(=O)NC2=O)C(=O)C1=C)CNC(=O)C(F)(F)c1cccc(F)c1. The average Bonchev–Trinajstić information content (AvgIpc) is 3.00. The number of carbonyl (C=O) groups is 4. The molecule has 3 rings (SSSR count). The molecule has 7 nitrogen and oxygen atoms in total. The third-order valence-electron chi connectivity index (χ3n) is 5.16. The first-order valence-corrected chi connectivity index (χ1v) is 9.65. The van der Waals surface area contributed by atoms with Gasteiger partial charge in [0.2, 0.25) is 11.8 Å². The van der Waals surface area contributed by atoms with Crippen molar-refractivity contribution in [2.24, 2.45) is 0 Å². The van der Waals surface area contributed by atoms with Crippen LogP contribution in [-0.4, -0.2) is 47.7 Å². The maximum absolute atomic E-state index is 14.3. The summed E-state index contributed by atoms with van der Waals surface area (Å²) >= 11 is 0. The number of halogens is 3. The fourth-order valence-electron chi connectivity index (χ4n) is 3.44. The normalized spacial score (nSPS) is 20.5. The Morgan fingerprint density at radius 1 is 1.31 bits per heavy atom. The molecule has 2 N–H and O–H groups in total. The summed E-state index contributed by atoms with van der Waals surface area (Å²) in [7, 11) is 0. The Bertz CT molecular complexity index is 1060. The molecule has 0 aromatic heterocycles. The second-order valence-corrected chi connectivity index (χ2v) is 7.47. The van der Waals surface area contributed by atoms with Gasteiger partial charge >= 0.3 is 5.92 Å². The fraction of sp³-hybridized carbons (Fsp3) is 0.273. The number of nitrogens with zero attached hydrogens (tertiary/aromatic N) is 1. The Kier molecular flexibility index (Phi) is 6.33. The number of hydrogen-bond donors (Lipinski definition) is 2. The van der Waals surface area contributed by atoms with Crippen molar-refractivity contribution < 1.29 is 32.3 Å². The predicted molar refractivity (Wildman–Crippen MR) is 108 cm³/mol. The highest BCUT2D eigenvalue weighted by Crippen LogP contribution is 2.29. The number of amides is 4. The van der Waals surface area contributed by atoms with Gasteiger partial charge in [-0.05, 0) is 29.7 Å². The standard InChI is InChI=1S/C22H20F3N3O4/c1-12(10-26-21(32)22(24,25)15-4-3-5-16(23)9-15)8-14-11-28(20(31)13(14)2)17-6-7-18(29)27-19(17)30/h3-5,8-9,17H,1-2,6-7,10-11H2,(H,26,32)(H,27,29,30)/b14-8-. The molecule has 2 heterocycles. The van der Waals surface area contributed by atoms with E-state index < -0.39 is 47.0 Å². The molecule has 1 aromatic carbocycles. The molecule has 0 aliphatic carbocycles. The van der Waals surface area contributed by atoms with Crippen LogP contribution in [0.15, 0.2) is 60.2 Å². The maximum atomic E-state index is 14.3. The average molecular weight is 447 g/mol. The molecule has 2 aliphatic heterocycles. The van der Waals surface area contributed by atoms with E-state index in [1.54, 1.807) is 0 Å². The summed E-state index contributed by atoms with van der Waals surface area (Å²) in [4.78, 5) is 49.1. The van der Waals surface area contributed by atoms with Crippen LogP contribution in [-0.2, 0) is 25.1 Å². The third kappa shape index (κ3) is 4.63. The molecule has 0 radical (unpaired) electrons. The number of imide groups is 1. The molecule has 0 spiro atoms. The monoisotopic (exact) mass is 447 g/mol. The molecule has 4 amide bonds. The number of nitrogens with one attached hydrogen (secondary N) is 2. The molecule has 168 valence electrons. The van der Waals surface area contributed by atoms with E-state index in [4.69, 9.17) is 0 Å². The summed E-state index contributed by atoms with van der Waals surface area (Å²) in [5, 5.41) is 4.22. The van der Waals surface area contributed by atoms with Gasteiger partial charge < -0.3 is 10.2 Å². The van der Waals surface area contributed by atoms with Crippen LogP contribution in [0.4, 0.5) is 13.2 Å². The maximum Gasteiger partial charge on any atom is 0.349 e. The molecule has 10 heteroatoms. The molecule has 1 atom stereocenters. The lowest BCUT2D eigenvalue weighted by Crippen LogP contribution is -2.52. The Hall–Kier alpha value is -3.69. The van der Waals surface area contributed by atoms with Crippen LogP contribution in [0.3, 0.4) is 0 Å². The minimum Gasteiger partial charge on any atom is -0.346 e. The second kappa shape index (κ2) is 8.81. The number of alkyl halides is 2. The smallest absolute Gasteiger partial charge is 0.346 e. The quantitative estimate of drug-likeness (QED) is 0.513. The van der Waals surface area contributed by atoms with Crippen LogP contribution < -0.4 is 10.6 Å². The second-order valence-electron chi connectivity index (χ2n) is 7.47. The summed E-state index contributed by atoms with van der Waals surface area (Å²) in [6.45, 7) is 7.06. The molecule has 2 aliphatic rings. The predicted octanol–water partition coefficient (Wildman–Crippen LogP) is 1.72.